The van der Waals surface area contributed by atoms with Gasteiger partial charge in [0.1, 0.15) is 11.9 Å². The largest absolute Gasteiger partial charge is 0.378 e. The van der Waals surface area contributed by atoms with Gasteiger partial charge in [-0.05, 0) is 41.5 Å². The minimum atomic E-state index is -0.279. The van der Waals surface area contributed by atoms with Crippen molar-refractivity contribution in [3.05, 3.63) is 82.9 Å². The number of aromatic nitrogens is 2. The van der Waals surface area contributed by atoms with E-state index < -0.39 is 0 Å². The molecule has 1 N–H and O–H groups in total. The van der Waals surface area contributed by atoms with Crippen LogP contribution < -0.4 is 10.2 Å². The summed E-state index contributed by atoms with van der Waals surface area (Å²) in [5.74, 6) is -0.499. The Balaban J connectivity index is 1.18. The van der Waals surface area contributed by atoms with Gasteiger partial charge >= 0.3 is 0 Å². The lowest BCUT2D eigenvalue weighted by atomic mass is 10.1. The maximum Gasteiger partial charge on any atom is 0.272 e. The minimum absolute atomic E-state index is 0.219. The van der Waals surface area contributed by atoms with Gasteiger partial charge in [-0.1, -0.05) is 24.3 Å². The van der Waals surface area contributed by atoms with E-state index in [1.54, 1.807) is 22.9 Å². The van der Waals surface area contributed by atoms with Crippen LogP contribution in [0.1, 0.15) is 33.4 Å². The second-order valence-electron chi connectivity index (χ2n) is 8.00. The topological polar surface area (TPSA) is 68.6 Å². The number of nitrogens with one attached hydrogen (secondary N) is 1. The Hall–Kier alpha value is -3.23. The number of rotatable bonds is 5. The van der Waals surface area contributed by atoms with Crippen molar-refractivity contribution in [2.45, 2.75) is 25.8 Å². The molecule has 0 bridgehead atoms. The molecule has 3 heterocycles. The fraction of sp³-hybridized carbons (Fsp3) is 0.333. The van der Waals surface area contributed by atoms with E-state index in [9.17, 15) is 9.18 Å². The molecular formula is C24H25FN4O3. The summed E-state index contributed by atoms with van der Waals surface area (Å²) in [5, 5.41) is 7.41. The monoisotopic (exact) mass is 436 g/mol. The molecule has 1 saturated heterocycles. The summed E-state index contributed by atoms with van der Waals surface area (Å²) in [7, 11) is 0. The molecule has 0 spiro atoms. The second-order valence-corrected chi connectivity index (χ2v) is 8.00. The third-order valence-electron chi connectivity index (χ3n) is 5.87. The summed E-state index contributed by atoms with van der Waals surface area (Å²) in [6.07, 6.45) is -0.219. The van der Waals surface area contributed by atoms with Gasteiger partial charge in [-0.2, -0.15) is 5.10 Å². The van der Waals surface area contributed by atoms with Crippen LogP contribution in [0.5, 0.6) is 0 Å². The van der Waals surface area contributed by atoms with Crippen LogP contribution in [0.3, 0.4) is 0 Å². The molecular weight excluding hydrogens is 411 g/mol. The first-order valence-electron chi connectivity index (χ1n) is 10.8. The third-order valence-corrected chi connectivity index (χ3v) is 5.87. The molecule has 1 atom stereocenters. The molecule has 2 aliphatic rings. The second kappa shape index (κ2) is 9.10. The molecule has 2 aliphatic heterocycles. The zero-order valence-electron chi connectivity index (χ0n) is 17.7. The van der Waals surface area contributed by atoms with E-state index in [4.69, 9.17) is 9.47 Å². The van der Waals surface area contributed by atoms with Crippen molar-refractivity contribution in [1.82, 2.24) is 15.1 Å². The van der Waals surface area contributed by atoms with Crippen molar-refractivity contribution < 1.29 is 18.7 Å². The number of halogens is 1. The van der Waals surface area contributed by atoms with E-state index in [0.717, 1.165) is 43.1 Å². The highest BCUT2D eigenvalue weighted by Gasteiger charge is 2.24. The number of fused-ring (bicyclic) bond motifs is 1. The summed E-state index contributed by atoms with van der Waals surface area (Å²) in [6.45, 7) is 4.56. The van der Waals surface area contributed by atoms with Crippen molar-refractivity contribution in [3.63, 3.8) is 0 Å². The molecule has 0 unspecified atom stereocenters. The zero-order valence-corrected chi connectivity index (χ0v) is 17.7. The summed E-state index contributed by atoms with van der Waals surface area (Å²) in [5.41, 5.74) is 4.30. The van der Waals surface area contributed by atoms with Gasteiger partial charge in [-0.25, -0.2) is 4.39 Å². The molecule has 5 rings (SSSR count). The number of anilines is 1. The summed E-state index contributed by atoms with van der Waals surface area (Å²) in [6, 6.07) is 16.3. The van der Waals surface area contributed by atoms with Gasteiger partial charge in [0.25, 0.3) is 5.91 Å². The third kappa shape index (κ3) is 4.51. The van der Waals surface area contributed by atoms with Crippen LogP contribution in [0.15, 0.2) is 54.6 Å². The molecule has 1 fully saturated rings. The number of hydrogen-bond acceptors (Lipinski definition) is 5. The highest BCUT2D eigenvalue weighted by atomic mass is 19.1. The molecule has 0 saturated carbocycles. The predicted octanol–water partition coefficient (Wildman–Crippen LogP) is 3.06. The van der Waals surface area contributed by atoms with Crippen LogP contribution in [0.4, 0.5) is 10.1 Å². The number of amides is 1. The molecule has 1 amide bonds. The molecule has 3 aromatic rings. The van der Waals surface area contributed by atoms with Crippen LogP contribution in [-0.2, 0) is 29.2 Å². The van der Waals surface area contributed by atoms with Gasteiger partial charge in [0.15, 0.2) is 5.69 Å². The Labute approximate surface area is 185 Å². The normalized spacial score (nSPS) is 18.3. The Morgan fingerprint density at radius 1 is 1.09 bits per heavy atom. The van der Waals surface area contributed by atoms with Gasteiger partial charge in [0.05, 0.1) is 32.1 Å². The molecule has 1 aromatic heterocycles. The summed E-state index contributed by atoms with van der Waals surface area (Å²) < 4.78 is 26.3. The standard InChI is InChI=1S/C24H25FN4O3/c25-19-5-3-18(4-6-19)23-15-29-21(16-32-23)13-22(27-29)24(30)26-14-17-1-7-20(8-2-17)28-9-11-31-12-10-28/h1-8,13,23H,9-12,14-16H2,(H,26,30)/t23-/m0/s1. The lowest BCUT2D eigenvalue weighted by Crippen LogP contribution is -2.36. The predicted molar refractivity (Wildman–Crippen MR) is 117 cm³/mol. The van der Waals surface area contributed by atoms with Crippen LogP contribution in [0, 0.1) is 5.82 Å². The number of morpholine rings is 1. The summed E-state index contributed by atoms with van der Waals surface area (Å²) in [4.78, 5) is 14.9. The van der Waals surface area contributed by atoms with Gasteiger partial charge in [-0.15, -0.1) is 0 Å². The number of nitrogens with zero attached hydrogens (tertiary/aromatic N) is 3. The quantitative estimate of drug-likeness (QED) is 0.666. The average Bonchev–Trinajstić information content (AvgIpc) is 3.27. The Morgan fingerprint density at radius 3 is 2.59 bits per heavy atom. The smallest absolute Gasteiger partial charge is 0.272 e. The molecule has 2 aromatic carbocycles. The van der Waals surface area contributed by atoms with E-state index in [0.29, 0.717) is 25.4 Å². The molecule has 8 heteroatoms. The fourth-order valence-corrected chi connectivity index (χ4v) is 4.03. The van der Waals surface area contributed by atoms with E-state index in [1.165, 1.54) is 17.8 Å². The van der Waals surface area contributed by atoms with Gasteiger partial charge in [0.2, 0.25) is 0 Å². The maximum absolute atomic E-state index is 13.2. The molecule has 32 heavy (non-hydrogen) atoms. The minimum Gasteiger partial charge on any atom is -0.378 e. The first kappa shape index (κ1) is 20.7. The van der Waals surface area contributed by atoms with E-state index in [2.05, 4.69) is 27.4 Å². The lowest BCUT2D eigenvalue weighted by Gasteiger charge is -2.28. The highest BCUT2D eigenvalue weighted by molar-refractivity contribution is 5.92. The van der Waals surface area contributed by atoms with Crippen LogP contribution in [-0.4, -0.2) is 42.0 Å². The van der Waals surface area contributed by atoms with Gasteiger partial charge < -0.3 is 19.7 Å². The van der Waals surface area contributed by atoms with Crippen LogP contribution >= 0.6 is 0 Å². The number of hydrogen-bond donors (Lipinski definition) is 1. The zero-order chi connectivity index (χ0) is 21.9. The Kier molecular flexibility index (Phi) is 5.87. The van der Waals surface area contributed by atoms with Crippen molar-refractivity contribution >= 4 is 11.6 Å². The van der Waals surface area contributed by atoms with Gasteiger partial charge in [0, 0.05) is 25.3 Å². The lowest BCUT2D eigenvalue weighted by molar-refractivity contribution is -0.00123. The van der Waals surface area contributed by atoms with Gasteiger partial charge in [-0.3, -0.25) is 9.48 Å². The first-order valence-corrected chi connectivity index (χ1v) is 10.8. The Morgan fingerprint density at radius 2 is 1.84 bits per heavy atom. The maximum atomic E-state index is 13.2. The molecule has 7 nitrogen and oxygen atoms in total. The SMILES string of the molecule is O=C(NCc1ccc(N2CCOCC2)cc1)c1cc2n(n1)C[C@@H](c1ccc(F)cc1)OC2. The number of carbonyl (C=O) groups excluding carboxylic acids is 1. The van der Waals surface area contributed by atoms with E-state index in [1.807, 2.05) is 12.1 Å². The highest BCUT2D eigenvalue weighted by Crippen LogP contribution is 2.26. The summed E-state index contributed by atoms with van der Waals surface area (Å²) >= 11 is 0. The number of carbonyl (C=O) groups is 1. The number of ether oxygens (including phenoxy) is 2. The van der Waals surface area contributed by atoms with Crippen molar-refractivity contribution in [1.29, 1.82) is 0 Å². The molecule has 0 radical (unpaired) electrons. The fourth-order valence-electron chi connectivity index (χ4n) is 4.03. The van der Waals surface area contributed by atoms with Crippen LogP contribution in [0.25, 0.3) is 0 Å². The van der Waals surface area contributed by atoms with E-state index in [-0.39, 0.29) is 17.8 Å². The molecule has 166 valence electrons. The van der Waals surface area contributed by atoms with Crippen molar-refractivity contribution in [2.75, 3.05) is 31.2 Å². The average molecular weight is 436 g/mol. The number of benzene rings is 2. The Bertz CT molecular complexity index is 1080. The van der Waals surface area contributed by atoms with Crippen molar-refractivity contribution in [3.8, 4) is 0 Å². The van der Waals surface area contributed by atoms with E-state index >= 15 is 0 Å². The van der Waals surface area contributed by atoms with Crippen molar-refractivity contribution in [2.24, 2.45) is 0 Å². The first-order chi connectivity index (χ1) is 15.7. The van der Waals surface area contributed by atoms with Crippen LogP contribution in [0.2, 0.25) is 0 Å². The molecule has 0 aliphatic carbocycles.